The lowest BCUT2D eigenvalue weighted by Gasteiger charge is -2.26. The molecule has 0 aliphatic carbocycles. The minimum absolute atomic E-state index is 0.658. The summed E-state index contributed by atoms with van der Waals surface area (Å²) in [6.45, 7) is 7.35. The molecule has 0 bridgehead atoms. The number of nitrogens with one attached hydrogen (secondary N) is 1. The van der Waals surface area contributed by atoms with E-state index in [1.807, 2.05) is 6.20 Å². The van der Waals surface area contributed by atoms with E-state index in [1.165, 1.54) is 24.8 Å². The molecule has 0 radical (unpaired) electrons. The fraction of sp³-hybridized carbons (Fsp3) is 0.692. The molecule has 94 valence electrons. The zero-order valence-corrected chi connectivity index (χ0v) is 10.8. The van der Waals surface area contributed by atoms with Gasteiger partial charge in [-0.2, -0.15) is 0 Å². The van der Waals surface area contributed by atoms with Crippen LogP contribution in [0.2, 0.25) is 0 Å². The van der Waals surface area contributed by atoms with E-state index < -0.39 is 0 Å². The van der Waals surface area contributed by atoms with Gasteiger partial charge in [0.1, 0.15) is 12.1 Å². The zero-order chi connectivity index (χ0) is 12.1. The molecule has 1 aromatic heterocycles. The lowest BCUT2D eigenvalue weighted by Crippen LogP contribution is -2.31. The van der Waals surface area contributed by atoms with Crippen LogP contribution in [0.1, 0.15) is 38.7 Å². The Hall–Kier alpha value is -1.16. The maximum atomic E-state index is 4.49. The Bertz CT molecular complexity index is 353. The molecular formula is C13H22N4. The van der Waals surface area contributed by atoms with Gasteiger partial charge in [-0.1, -0.05) is 13.8 Å². The van der Waals surface area contributed by atoms with Gasteiger partial charge in [0, 0.05) is 30.9 Å². The quantitative estimate of drug-likeness (QED) is 0.845. The average Bonchev–Trinajstić information content (AvgIpc) is 2.84. The van der Waals surface area contributed by atoms with E-state index in [1.54, 1.807) is 6.33 Å². The third-order valence-corrected chi connectivity index (χ3v) is 3.45. The molecule has 1 aliphatic heterocycles. The summed E-state index contributed by atoms with van der Waals surface area (Å²) in [6, 6.07) is 0.658. The third-order valence-electron chi connectivity index (χ3n) is 3.45. The van der Waals surface area contributed by atoms with Crippen molar-refractivity contribution >= 4 is 5.82 Å². The van der Waals surface area contributed by atoms with Crippen molar-refractivity contribution in [2.75, 3.05) is 18.0 Å². The van der Waals surface area contributed by atoms with Crippen LogP contribution >= 0.6 is 0 Å². The summed E-state index contributed by atoms with van der Waals surface area (Å²) in [6.07, 6.45) is 7.38. The van der Waals surface area contributed by atoms with E-state index in [0.717, 1.165) is 25.5 Å². The van der Waals surface area contributed by atoms with Gasteiger partial charge in [-0.25, -0.2) is 9.97 Å². The third kappa shape index (κ3) is 2.75. The smallest absolute Gasteiger partial charge is 0.136 e. The van der Waals surface area contributed by atoms with Gasteiger partial charge in [0.25, 0.3) is 0 Å². The number of hydrogen-bond acceptors (Lipinski definition) is 4. The fourth-order valence-corrected chi connectivity index (χ4v) is 2.53. The van der Waals surface area contributed by atoms with E-state index in [2.05, 4.69) is 34.0 Å². The summed E-state index contributed by atoms with van der Waals surface area (Å²) in [5, 5.41) is 3.35. The second kappa shape index (κ2) is 5.96. The van der Waals surface area contributed by atoms with Crippen molar-refractivity contribution in [2.24, 2.45) is 0 Å². The van der Waals surface area contributed by atoms with Crippen LogP contribution in [0.5, 0.6) is 0 Å². The minimum Gasteiger partial charge on any atom is -0.353 e. The van der Waals surface area contributed by atoms with Gasteiger partial charge in [-0.05, 0) is 25.8 Å². The molecule has 0 aromatic carbocycles. The molecule has 0 saturated carbocycles. The van der Waals surface area contributed by atoms with Crippen LogP contribution in [0.15, 0.2) is 12.5 Å². The summed E-state index contributed by atoms with van der Waals surface area (Å²) in [4.78, 5) is 11.1. The van der Waals surface area contributed by atoms with Crippen molar-refractivity contribution in [1.29, 1.82) is 0 Å². The molecule has 4 heteroatoms. The van der Waals surface area contributed by atoms with Gasteiger partial charge in [0.05, 0.1) is 0 Å². The molecule has 4 nitrogen and oxygen atoms in total. The molecule has 1 N–H and O–H groups in total. The second-order valence-electron chi connectivity index (χ2n) is 4.55. The van der Waals surface area contributed by atoms with Crippen LogP contribution in [0, 0.1) is 0 Å². The highest BCUT2D eigenvalue weighted by Gasteiger charge is 2.25. The van der Waals surface area contributed by atoms with Crippen LogP contribution in [0.25, 0.3) is 0 Å². The standard InChI is InChI=1S/C13H22N4/c1-3-12-6-5-7-17(12)13-11(8-14-4-2)9-15-10-16-13/h9-10,12,14H,3-8H2,1-2H3. The van der Waals surface area contributed by atoms with Gasteiger partial charge >= 0.3 is 0 Å². The van der Waals surface area contributed by atoms with Crippen molar-refractivity contribution in [1.82, 2.24) is 15.3 Å². The van der Waals surface area contributed by atoms with E-state index in [-0.39, 0.29) is 0 Å². The molecule has 2 rings (SSSR count). The molecule has 0 amide bonds. The first-order valence-corrected chi connectivity index (χ1v) is 6.63. The Morgan fingerprint density at radius 1 is 1.47 bits per heavy atom. The number of nitrogens with zero attached hydrogens (tertiary/aromatic N) is 3. The molecule has 1 atom stereocenters. The van der Waals surface area contributed by atoms with Crippen LogP contribution in [-0.4, -0.2) is 29.1 Å². The molecule has 1 aliphatic rings. The number of hydrogen-bond donors (Lipinski definition) is 1. The monoisotopic (exact) mass is 234 g/mol. The molecular weight excluding hydrogens is 212 g/mol. The summed E-state index contributed by atoms with van der Waals surface area (Å²) in [7, 11) is 0. The highest BCUT2D eigenvalue weighted by molar-refractivity contribution is 5.47. The van der Waals surface area contributed by atoms with Gasteiger partial charge in [-0.15, -0.1) is 0 Å². The Kier molecular flexibility index (Phi) is 4.31. The highest BCUT2D eigenvalue weighted by atomic mass is 15.2. The first kappa shape index (κ1) is 12.3. The molecule has 0 spiro atoms. The van der Waals surface area contributed by atoms with Crippen LogP contribution < -0.4 is 10.2 Å². The number of rotatable bonds is 5. The highest BCUT2D eigenvalue weighted by Crippen LogP contribution is 2.27. The van der Waals surface area contributed by atoms with Gasteiger partial charge in [0.15, 0.2) is 0 Å². The summed E-state index contributed by atoms with van der Waals surface area (Å²) in [5.41, 5.74) is 1.22. The largest absolute Gasteiger partial charge is 0.353 e. The Labute approximate surface area is 103 Å². The Morgan fingerprint density at radius 3 is 3.12 bits per heavy atom. The van der Waals surface area contributed by atoms with E-state index in [9.17, 15) is 0 Å². The zero-order valence-electron chi connectivity index (χ0n) is 10.8. The second-order valence-corrected chi connectivity index (χ2v) is 4.55. The predicted octanol–water partition coefficient (Wildman–Crippen LogP) is 1.96. The van der Waals surface area contributed by atoms with Crippen molar-refractivity contribution in [2.45, 2.75) is 45.7 Å². The molecule has 1 saturated heterocycles. The van der Waals surface area contributed by atoms with E-state index in [4.69, 9.17) is 0 Å². The first-order chi connectivity index (χ1) is 8.36. The van der Waals surface area contributed by atoms with Gasteiger partial charge in [0.2, 0.25) is 0 Å². The topological polar surface area (TPSA) is 41.1 Å². The lowest BCUT2D eigenvalue weighted by molar-refractivity contribution is 0.633. The van der Waals surface area contributed by atoms with Crippen molar-refractivity contribution in [3.8, 4) is 0 Å². The van der Waals surface area contributed by atoms with Crippen molar-refractivity contribution in [3.05, 3.63) is 18.1 Å². The average molecular weight is 234 g/mol. The van der Waals surface area contributed by atoms with Crippen LogP contribution in [-0.2, 0) is 6.54 Å². The van der Waals surface area contributed by atoms with Gasteiger partial charge < -0.3 is 10.2 Å². The van der Waals surface area contributed by atoms with Crippen molar-refractivity contribution < 1.29 is 0 Å². The maximum absolute atomic E-state index is 4.49. The van der Waals surface area contributed by atoms with Crippen molar-refractivity contribution in [3.63, 3.8) is 0 Å². The Morgan fingerprint density at radius 2 is 2.35 bits per heavy atom. The summed E-state index contributed by atoms with van der Waals surface area (Å²) < 4.78 is 0. The molecule has 2 heterocycles. The molecule has 1 unspecified atom stereocenters. The van der Waals surface area contributed by atoms with Crippen LogP contribution in [0.3, 0.4) is 0 Å². The fourth-order valence-electron chi connectivity index (χ4n) is 2.53. The lowest BCUT2D eigenvalue weighted by atomic mass is 10.1. The summed E-state index contributed by atoms with van der Waals surface area (Å²) in [5.74, 6) is 1.13. The SMILES string of the molecule is CCNCc1cncnc1N1CCCC1CC. The van der Waals surface area contributed by atoms with Crippen LogP contribution in [0.4, 0.5) is 5.82 Å². The molecule has 1 aromatic rings. The van der Waals surface area contributed by atoms with Gasteiger partial charge in [-0.3, -0.25) is 0 Å². The summed E-state index contributed by atoms with van der Waals surface area (Å²) >= 11 is 0. The number of aromatic nitrogens is 2. The van der Waals surface area contributed by atoms with E-state index in [0.29, 0.717) is 6.04 Å². The number of anilines is 1. The first-order valence-electron chi connectivity index (χ1n) is 6.63. The molecule has 1 fully saturated rings. The predicted molar refractivity (Wildman–Crippen MR) is 70.1 cm³/mol. The maximum Gasteiger partial charge on any atom is 0.136 e. The van der Waals surface area contributed by atoms with E-state index >= 15 is 0 Å². The minimum atomic E-state index is 0.658. The Balaban J connectivity index is 2.18. The normalized spacial score (nSPS) is 19.9. The molecule has 17 heavy (non-hydrogen) atoms.